The number of methoxy groups -OCH3 is 1. The number of hydrogen-bond donors (Lipinski definition) is 1. The molecule has 0 atom stereocenters. The van der Waals surface area contributed by atoms with Gasteiger partial charge in [-0.25, -0.2) is 0 Å². The topological polar surface area (TPSA) is 55.0 Å². The second-order valence-electron chi connectivity index (χ2n) is 3.01. The molecule has 0 aliphatic rings. The Hall–Kier alpha value is -1.84. The van der Waals surface area contributed by atoms with E-state index < -0.39 is 0 Å². The smallest absolute Gasteiger partial charge is 0.310 e. The van der Waals surface area contributed by atoms with E-state index in [9.17, 15) is 4.79 Å². The van der Waals surface area contributed by atoms with Gasteiger partial charge in [0.2, 0.25) is 0 Å². The summed E-state index contributed by atoms with van der Waals surface area (Å²) in [5.74, 6) is -0.252. The molecular weight excluding hydrogens is 180 g/mol. The highest BCUT2D eigenvalue weighted by molar-refractivity contribution is 5.78. The lowest BCUT2D eigenvalue weighted by atomic mass is 10.2. The van der Waals surface area contributed by atoms with Gasteiger partial charge in [0.25, 0.3) is 0 Å². The highest BCUT2D eigenvalue weighted by Crippen LogP contribution is 2.11. The number of carbonyl (C=O) groups is 1. The molecule has 0 radical (unpaired) electrons. The van der Waals surface area contributed by atoms with Gasteiger partial charge in [-0.3, -0.25) is 9.78 Å². The minimum Gasteiger partial charge on any atom is -0.469 e. The summed E-state index contributed by atoms with van der Waals surface area (Å²) in [6.07, 6.45) is 3.77. The number of nitrogens with zero attached hydrogens (tertiary/aromatic N) is 1. The van der Waals surface area contributed by atoms with Crippen LogP contribution in [0.5, 0.6) is 0 Å². The molecule has 0 fully saturated rings. The SMILES string of the molecule is COC(=O)Cc1cnc2cc[nH]c2c1. The number of pyridine rings is 1. The third-order valence-electron chi connectivity index (χ3n) is 2.03. The summed E-state index contributed by atoms with van der Waals surface area (Å²) in [6, 6.07) is 3.79. The van der Waals surface area contributed by atoms with Crippen molar-refractivity contribution < 1.29 is 9.53 Å². The molecule has 0 amide bonds. The number of ether oxygens (including phenoxy) is 1. The minimum atomic E-state index is -0.252. The zero-order valence-corrected chi connectivity index (χ0v) is 7.78. The monoisotopic (exact) mass is 190 g/mol. The van der Waals surface area contributed by atoms with Gasteiger partial charge in [-0.05, 0) is 17.7 Å². The molecule has 0 spiro atoms. The second kappa shape index (κ2) is 3.49. The molecule has 0 saturated carbocycles. The molecule has 4 nitrogen and oxygen atoms in total. The Labute approximate surface area is 80.9 Å². The fraction of sp³-hybridized carbons (Fsp3) is 0.200. The van der Waals surface area contributed by atoms with E-state index in [4.69, 9.17) is 0 Å². The maximum absolute atomic E-state index is 11.0. The van der Waals surface area contributed by atoms with Crippen LogP contribution in [0.25, 0.3) is 11.0 Å². The lowest BCUT2D eigenvalue weighted by Gasteiger charge is -1.99. The summed E-state index contributed by atoms with van der Waals surface area (Å²) in [6.45, 7) is 0. The fourth-order valence-corrected chi connectivity index (χ4v) is 1.31. The molecule has 2 heterocycles. The number of nitrogens with one attached hydrogen (secondary N) is 1. The van der Waals surface area contributed by atoms with Crippen molar-refractivity contribution in [2.45, 2.75) is 6.42 Å². The summed E-state index contributed by atoms with van der Waals surface area (Å²) in [5.41, 5.74) is 2.69. The van der Waals surface area contributed by atoms with Crippen molar-refractivity contribution in [3.63, 3.8) is 0 Å². The summed E-state index contributed by atoms with van der Waals surface area (Å²) in [7, 11) is 1.38. The molecule has 2 aromatic rings. The molecule has 72 valence electrons. The second-order valence-corrected chi connectivity index (χ2v) is 3.01. The van der Waals surface area contributed by atoms with E-state index in [1.807, 2.05) is 18.3 Å². The summed E-state index contributed by atoms with van der Waals surface area (Å²) < 4.78 is 4.57. The summed E-state index contributed by atoms with van der Waals surface area (Å²) in [4.78, 5) is 18.2. The average Bonchev–Trinajstić information content (AvgIpc) is 2.64. The lowest BCUT2D eigenvalue weighted by Crippen LogP contribution is -2.04. The van der Waals surface area contributed by atoms with E-state index in [0.717, 1.165) is 16.6 Å². The zero-order chi connectivity index (χ0) is 9.97. The number of hydrogen-bond acceptors (Lipinski definition) is 3. The number of aromatic nitrogens is 2. The van der Waals surface area contributed by atoms with E-state index in [2.05, 4.69) is 14.7 Å². The Morgan fingerprint density at radius 3 is 3.29 bits per heavy atom. The molecular formula is C10H10N2O2. The molecule has 0 aliphatic carbocycles. The van der Waals surface area contributed by atoms with Crippen LogP contribution in [-0.2, 0) is 16.0 Å². The van der Waals surface area contributed by atoms with Crippen molar-refractivity contribution in [1.82, 2.24) is 9.97 Å². The third kappa shape index (κ3) is 1.59. The van der Waals surface area contributed by atoms with Crippen LogP contribution >= 0.6 is 0 Å². The normalized spacial score (nSPS) is 10.4. The van der Waals surface area contributed by atoms with Gasteiger partial charge < -0.3 is 9.72 Å². The van der Waals surface area contributed by atoms with Gasteiger partial charge in [-0.2, -0.15) is 0 Å². The number of fused-ring (bicyclic) bond motifs is 1. The lowest BCUT2D eigenvalue weighted by molar-refractivity contribution is -0.139. The predicted octanol–water partition coefficient (Wildman–Crippen LogP) is 1.28. The largest absolute Gasteiger partial charge is 0.469 e. The van der Waals surface area contributed by atoms with Crippen molar-refractivity contribution in [2.24, 2.45) is 0 Å². The van der Waals surface area contributed by atoms with Crippen molar-refractivity contribution in [1.29, 1.82) is 0 Å². The Balaban J connectivity index is 2.30. The minimum absolute atomic E-state index is 0.252. The van der Waals surface area contributed by atoms with Crippen LogP contribution in [0, 0.1) is 0 Å². The first kappa shape index (κ1) is 8.74. The van der Waals surface area contributed by atoms with Crippen LogP contribution in [0.2, 0.25) is 0 Å². The number of rotatable bonds is 2. The van der Waals surface area contributed by atoms with Crippen molar-refractivity contribution in [3.05, 3.63) is 30.1 Å². The Morgan fingerprint density at radius 1 is 1.64 bits per heavy atom. The average molecular weight is 190 g/mol. The quantitative estimate of drug-likeness (QED) is 0.726. The fourth-order valence-electron chi connectivity index (χ4n) is 1.31. The first-order chi connectivity index (χ1) is 6.79. The van der Waals surface area contributed by atoms with Crippen molar-refractivity contribution in [3.8, 4) is 0 Å². The van der Waals surface area contributed by atoms with E-state index >= 15 is 0 Å². The number of esters is 1. The van der Waals surface area contributed by atoms with Gasteiger partial charge in [0, 0.05) is 12.4 Å². The maximum Gasteiger partial charge on any atom is 0.310 e. The molecule has 14 heavy (non-hydrogen) atoms. The highest BCUT2D eigenvalue weighted by Gasteiger charge is 2.04. The first-order valence-corrected chi connectivity index (χ1v) is 4.28. The number of carbonyl (C=O) groups excluding carboxylic acids is 1. The molecule has 0 aliphatic heterocycles. The highest BCUT2D eigenvalue weighted by atomic mass is 16.5. The zero-order valence-electron chi connectivity index (χ0n) is 7.78. The van der Waals surface area contributed by atoms with Gasteiger partial charge in [0.1, 0.15) is 0 Å². The van der Waals surface area contributed by atoms with Gasteiger partial charge in [-0.15, -0.1) is 0 Å². The standard InChI is InChI=1S/C10H10N2O2/c1-14-10(13)5-7-4-9-8(12-6-7)2-3-11-9/h2-4,6,11H,5H2,1H3. The van der Waals surface area contributed by atoms with Gasteiger partial charge in [-0.1, -0.05) is 0 Å². The molecule has 0 saturated heterocycles. The summed E-state index contributed by atoms with van der Waals surface area (Å²) >= 11 is 0. The maximum atomic E-state index is 11.0. The third-order valence-corrected chi connectivity index (χ3v) is 2.03. The summed E-state index contributed by atoms with van der Waals surface area (Å²) in [5, 5.41) is 0. The van der Waals surface area contributed by atoms with Crippen LogP contribution < -0.4 is 0 Å². The molecule has 0 unspecified atom stereocenters. The first-order valence-electron chi connectivity index (χ1n) is 4.28. The molecule has 2 rings (SSSR count). The molecule has 0 aromatic carbocycles. The predicted molar refractivity (Wildman–Crippen MR) is 51.8 cm³/mol. The van der Waals surface area contributed by atoms with Crippen LogP contribution in [0.15, 0.2) is 24.5 Å². The van der Waals surface area contributed by atoms with Gasteiger partial charge in [0.15, 0.2) is 0 Å². The molecule has 2 aromatic heterocycles. The molecule has 4 heteroatoms. The van der Waals surface area contributed by atoms with Crippen molar-refractivity contribution in [2.75, 3.05) is 7.11 Å². The van der Waals surface area contributed by atoms with E-state index in [0.29, 0.717) is 0 Å². The van der Waals surface area contributed by atoms with E-state index in [1.54, 1.807) is 6.20 Å². The molecule has 1 N–H and O–H groups in total. The molecule has 0 bridgehead atoms. The van der Waals surface area contributed by atoms with Gasteiger partial charge >= 0.3 is 5.97 Å². The van der Waals surface area contributed by atoms with Crippen LogP contribution in [0.1, 0.15) is 5.56 Å². The van der Waals surface area contributed by atoms with E-state index in [1.165, 1.54) is 7.11 Å². The Bertz CT molecular complexity index is 462. The van der Waals surface area contributed by atoms with Gasteiger partial charge in [0.05, 0.1) is 24.6 Å². The van der Waals surface area contributed by atoms with E-state index in [-0.39, 0.29) is 12.4 Å². The Morgan fingerprint density at radius 2 is 2.50 bits per heavy atom. The number of aromatic amines is 1. The van der Waals surface area contributed by atoms with Crippen LogP contribution in [0.3, 0.4) is 0 Å². The number of H-pyrrole nitrogens is 1. The van der Waals surface area contributed by atoms with Crippen LogP contribution in [0.4, 0.5) is 0 Å². The van der Waals surface area contributed by atoms with Crippen molar-refractivity contribution >= 4 is 17.0 Å². The van der Waals surface area contributed by atoms with Crippen LogP contribution in [-0.4, -0.2) is 23.0 Å². The Kier molecular flexibility index (Phi) is 2.18.